The Morgan fingerprint density at radius 2 is 1.94 bits per heavy atom. The van der Waals surface area contributed by atoms with Gasteiger partial charge < -0.3 is 5.73 Å². The minimum Gasteiger partial charge on any atom is -0.374 e. The fourth-order valence-corrected chi connectivity index (χ4v) is 2.20. The van der Waals surface area contributed by atoms with Gasteiger partial charge in [0.1, 0.15) is 5.01 Å². The molecule has 0 bridgehead atoms. The van der Waals surface area contributed by atoms with Crippen LogP contribution in [0.5, 0.6) is 0 Å². The number of anilines is 1. The fourth-order valence-electron chi connectivity index (χ4n) is 1.51. The number of nitrogens with two attached hydrogens (primary N) is 1. The molecular weight excluding hydrogens is 220 g/mol. The van der Waals surface area contributed by atoms with Gasteiger partial charge in [-0.3, -0.25) is 4.90 Å². The van der Waals surface area contributed by atoms with Gasteiger partial charge >= 0.3 is 0 Å². The molecule has 0 spiro atoms. The summed E-state index contributed by atoms with van der Waals surface area (Å²) < 4.78 is 0. The van der Waals surface area contributed by atoms with Crippen molar-refractivity contribution in [2.75, 3.05) is 12.8 Å². The van der Waals surface area contributed by atoms with E-state index in [2.05, 4.69) is 34.3 Å². The van der Waals surface area contributed by atoms with E-state index in [0.717, 1.165) is 18.1 Å². The van der Waals surface area contributed by atoms with Crippen molar-refractivity contribution in [2.45, 2.75) is 13.1 Å². The lowest BCUT2D eigenvalue weighted by Gasteiger charge is -2.14. The summed E-state index contributed by atoms with van der Waals surface area (Å²) in [7, 11) is 2.06. The maximum Gasteiger partial charge on any atom is 0.203 e. The molecule has 0 aliphatic carbocycles. The zero-order valence-electron chi connectivity index (χ0n) is 9.13. The van der Waals surface area contributed by atoms with Crippen LogP contribution in [0.1, 0.15) is 10.6 Å². The van der Waals surface area contributed by atoms with Gasteiger partial charge in [0.05, 0.1) is 6.54 Å². The largest absolute Gasteiger partial charge is 0.374 e. The molecule has 0 saturated heterocycles. The number of aromatic nitrogens is 2. The summed E-state index contributed by atoms with van der Waals surface area (Å²) in [6, 6.07) is 10.4. The van der Waals surface area contributed by atoms with E-state index in [-0.39, 0.29) is 0 Å². The molecule has 0 aliphatic rings. The van der Waals surface area contributed by atoms with Gasteiger partial charge in [-0.2, -0.15) is 0 Å². The molecule has 84 valence electrons. The van der Waals surface area contributed by atoms with Crippen molar-refractivity contribution in [3.05, 3.63) is 40.9 Å². The molecule has 4 nitrogen and oxygen atoms in total. The predicted molar refractivity (Wildman–Crippen MR) is 65.9 cm³/mol. The van der Waals surface area contributed by atoms with Gasteiger partial charge in [0, 0.05) is 6.54 Å². The van der Waals surface area contributed by atoms with Crippen molar-refractivity contribution in [3.63, 3.8) is 0 Å². The number of hydrogen-bond donors (Lipinski definition) is 1. The van der Waals surface area contributed by atoms with Gasteiger partial charge in [0.25, 0.3) is 0 Å². The molecule has 0 radical (unpaired) electrons. The van der Waals surface area contributed by atoms with Crippen LogP contribution in [0.4, 0.5) is 5.13 Å². The lowest BCUT2D eigenvalue weighted by molar-refractivity contribution is 0.317. The number of nitrogen functional groups attached to an aromatic ring is 1. The monoisotopic (exact) mass is 234 g/mol. The summed E-state index contributed by atoms with van der Waals surface area (Å²) in [4.78, 5) is 2.19. The Labute approximate surface area is 98.7 Å². The maximum atomic E-state index is 5.53. The highest BCUT2D eigenvalue weighted by molar-refractivity contribution is 7.15. The summed E-state index contributed by atoms with van der Waals surface area (Å²) >= 11 is 1.44. The fraction of sp³-hybridized carbons (Fsp3) is 0.273. The van der Waals surface area contributed by atoms with Crippen LogP contribution in [0.15, 0.2) is 30.3 Å². The Kier molecular flexibility index (Phi) is 3.48. The van der Waals surface area contributed by atoms with E-state index in [4.69, 9.17) is 5.73 Å². The first kappa shape index (κ1) is 11.0. The Hall–Kier alpha value is -1.46. The standard InChI is InChI=1S/C11H14N4S/c1-15(7-9-5-3-2-4-6-9)8-10-13-14-11(12)16-10/h2-6H,7-8H2,1H3,(H2,12,14). The Morgan fingerprint density at radius 3 is 2.56 bits per heavy atom. The Morgan fingerprint density at radius 1 is 1.19 bits per heavy atom. The van der Waals surface area contributed by atoms with Crippen LogP contribution in [0.2, 0.25) is 0 Å². The van der Waals surface area contributed by atoms with E-state index in [0.29, 0.717) is 5.13 Å². The molecule has 5 heteroatoms. The molecule has 0 unspecified atom stereocenters. The molecule has 16 heavy (non-hydrogen) atoms. The van der Waals surface area contributed by atoms with Crippen LogP contribution in [-0.4, -0.2) is 22.1 Å². The average Bonchev–Trinajstić information content (AvgIpc) is 2.65. The molecule has 0 fully saturated rings. The third-order valence-electron chi connectivity index (χ3n) is 2.18. The Balaban J connectivity index is 1.92. The zero-order valence-corrected chi connectivity index (χ0v) is 9.94. The van der Waals surface area contributed by atoms with E-state index >= 15 is 0 Å². The second-order valence-corrected chi connectivity index (χ2v) is 4.79. The molecule has 0 aliphatic heterocycles. The van der Waals surface area contributed by atoms with E-state index in [1.807, 2.05) is 18.2 Å². The summed E-state index contributed by atoms with van der Waals surface area (Å²) in [6.45, 7) is 1.68. The molecule has 0 amide bonds. The first-order valence-electron chi connectivity index (χ1n) is 5.04. The quantitative estimate of drug-likeness (QED) is 0.875. The first-order valence-corrected chi connectivity index (χ1v) is 5.86. The molecule has 0 saturated carbocycles. The van der Waals surface area contributed by atoms with Crippen molar-refractivity contribution in [1.29, 1.82) is 0 Å². The Bertz CT molecular complexity index is 440. The molecule has 1 aromatic carbocycles. The van der Waals surface area contributed by atoms with Crippen molar-refractivity contribution in [1.82, 2.24) is 15.1 Å². The first-order chi connectivity index (χ1) is 7.74. The lowest BCUT2D eigenvalue weighted by atomic mass is 10.2. The zero-order chi connectivity index (χ0) is 11.4. The molecule has 2 aromatic rings. The number of hydrogen-bond acceptors (Lipinski definition) is 5. The van der Waals surface area contributed by atoms with Crippen LogP contribution < -0.4 is 5.73 Å². The number of benzene rings is 1. The van der Waals surface area contributed by atoms with Crippen LogP contribution in [0.3, 0.4) is 0 Å². The predicted octanol–water partition coefficient (Wildman–Crippen LogP) is 1.75. The molecule has 0 atom stereocenters. The van der Waals surface area contributed by atoms with Crippen LogP contribution in [0.25, 0.3) is 0 Å². The van der Waals surface area contributed by atoms with Crippen molar-refractivity contribution in [3.8, 4) is 0 Å². The number of rotatable bonds is 4. The molecule has 2 N–H and O–H groups in total. The highest BCUT2D eigenvalue weighted by atomic mass is 32.1. The van der Waals surface area contributed by atoms with Gasteiger partial charge in [-0.25, -0.2) is 0 Å². The van der Waals surface area contributed by atoms with Gasteiger partial charge in [-0.15, -0.1) is 10.2 Å². The number of nitrogens with zero attached hydrogens (tertiary/aromatic N) is 3. The van der Waals surface area contributed by atoms with E-state index in [1.165, 1.54) is 16.9 Å². The highest BCUT2D eigenvalue weighted by Gasteiger charge is 2.05. The van der Waals surface area contributed by atoms with Crippen molar-refractivity contribution < 1.29 is 0 Å². The third kappa shape index (κ3) is 3.01. The molecule has 1 aromatic heterocycles. The smallest absolute Gasteiger partial charge is 0.203 e. The third-order valence-corrected chi connectivity index (χ3v) is 2.92. The minimum absolute atomic E-state index is 0.531. The lowest BCUT2D eigenvalue weighted by Crippen LogP contribution is -2.16. The second-order valence-electron chi connectivity index (χ2n) is 3.69. The van der Waals surface area contributed by atoms with Gasteiger partial charge in [0.2, 0.25) is 5.13 Å². The van der Waals surface area contributed by atoms with Crippen LogP contribution >= 0.6 is 11.3 Å². The summed E-state index contributed by atoms with van der Waals surface area (Å²) in [6.07, 6.45) is 0. The average molecular weight is 234 g/mol. The topological polar surface area (TPSA) is 55.0 Å². The summed E-state index contributed by atoms with van der Waals surface area (Å²) in [5.41, 5.74) is 6.83. The normalized spacial score (nSPS) is 10.9. The van der Waals surface area contributed by atoms with Gasteiger partial charge in [0.15, 0.2) is 0 Å². The van der Waals surface area contributed by atoms with Gasteiger partial charge in [-0.1, -0.05) is 41.7 Å². The van der Waals surface area contributed by atoms with Gasteiger partial charge in [-0.05, 0) is 12.6 Å². The van der Waals surface area contributed by atoms with E-state index in [9.17, 15) is 0 Å². The van der Waals surface area contributed by atoms with Crippen LogP contribution in [0, 0.1) is 0 Å². The SMILES string of the molecule is CN(Cc1ccccc1)Cc1nnc(N)s1. The van der Waals surface area contributed by atoms with Crippen molar-refractivity contribution >= 4 is 16.5 Å². The van der Waals surface area contributed by atoms with E-state index in [1.54, 1.807) is 0 Å². The molecular formula is C11H14N4S. The second kappa shape index (κ2) is 5.05. The highest BCUT2D eigenvalue weighted by Crippen LogP contribution is 2.13. The summed E-state index contributed by atoms with van der Waals surface area (Å²) in [5, 5.41) is 9.28. The van der Waals surface area contributed by atoms with Crippen molar-refractivity contribution in [2.24, 2.45) is 0 Å². The van der Waals surface area contributed by atoms with Crippen LogP contribution in [-0.2, 0) is 13.1 Å². The van der Waals surface area contributed by atoms with E-state index < -0.39 is 0 Å². The maximum absolute atomic E-state index is 5.53. The minimum atomic E-state index is 0.531. The molecule has 1 heterocycles. The molecule has 2 rings (SSSR count). The summed E-state index contributed by atoms with van der Waals surface area (Å²) in [5.74, 6) is 0.